The summed E-state index contributed by atoms with van der Waals surface area (Å²) in [6, 6.07) is 4.72. The Morgan fingerprint density at radius 1 is 1.38 bits per heavy atom. The predicted octanol–water partition coefficient (Wildman–Crippen LogP) is 3.65. The number of rotatable bonds is 4. The number of ether oxygens (including phenoxy) is 1. The van der Waals surface area contributed by atoms with Gasteiger partial charge in [-0.2, -0.15) is 5.10 Å². The lowest BCUT2D eigenvalue weighted by Crippen LogP contribution is -2.05. The molecular formula is C12H11BrCl2N2O3S. The Morgan fingerprint density at radius 2 is 2.05 bits per heavy atom. The van der Waals surface area contributed by atoms with Gasteiger partial charge in [-0.15, -0.1) is 0 Å². The molecular weight excluding hydrogens is 403 g/mol. The summed E-state index contributed by atoms with van der Waals surface area (Å²) in [6.07, 6.45) is 0. The van der Waals surface area contributed by atoms with Crippen LogP contribution in [0.4, 0.5) is 0 Å². The molecule has 2 rings (SSSR count). The molecule has 0 unspecified atom stereocenters. The van der Waals surface area contributed by atoms with Crippen molar-refractivity contribution in [1.82, 2.24) is 9.78 Å². The Morgan fingerprint density at radius 3 is 2.57 bits per heavy atom. The molecule has 0 aliphatic rings. The topological polar surface area (TPSA) is 61.2 Å². The molecule has 0 N–H and O–H groups in total. The fourth-order valence-electron chi connectivity index (χ4n) is 1.80. The van der Waals surface area contributed by atoms with Crippen molar-refractivity contribution in [3.63, 3.8) is 0 Å². The number of aryl methyl sites for hydroxylation is 2. The second-order valence-corrected chi connectivity index (χ2v) is 8.20. The lowest BCUT2D eigenvalue weighted by atomic mass is 10.3. The monoisotopic (exact) mass is 412 g/mol. The van der Waals surface area contributed by atoms with Gasteiger partial charge in [-0.1, -0.05) is 27.5 Å². The summed E-state index contributed by atoms with van der Waals surface area (Å²) in [4.78, 5) is -0.178. The molecule has 5 nitrogen and oxygen atoms in total. The van der Waals surface area contributed by atoms with Gasteiger partial charge in [-0.25, -0.2) is 8.42 Å². The van der Waals surface area contributed by atoms with Crippen molar-refractivity contribution < 1.29 is 13.2 Å². The smallest absolute Gasteiger partial charge is 0.265 e. The highest BCUT2D eigenvalue weighted by atomic mass is 79.9. The Hall–Kier alpha value is -0.760. The summed E-state index contributed by atoms with van der Waals surface area (Å²) in [5, 5.41) is 4.34. The largest absolute Gasteiger partial charge is 0.484 e. The molecule has 0 fully saturated rings. The second-order valence-electron chi connectivity index (χ2n) is 4.34. The van der Waals surface area contributed by atoms with E-state index < -0.39 is 9.05 Å². The molecule has 0 amide bonds. The van der Waals surface area contributed by atoms with E-state index >= 15 is 0 Å². The van der Waals surface area contributed by atoms with Crippen LogP contribution in [0.25, 0.3) is 0 Å². The fourth-order valence-corrected chi connectivity index (χ4v) is 3.88. The van der Waals surface area contributed by atoms with E-state index in [1.54, 1.807) is 11.7 Å². The number of halogens is 3. The first-order chi connectivity index (χ1) is 9.68. The Balaban J connectivity index is 2.38. The highest BCUT2D eigenvalue weighted by molar-refractivity contribution is 9.10. The number of benzene rings is 1. The Labute approximate surface area is 140 Å². The van der Waals surface area contributed by atoms with Crippen LogP contribution in [0.1, 0.15) is 11.4 Å². The van der Waals surface area contributed by atoms with Crippen LogP contribution in [0.2, 0.25) is 5.02 Å². The van der Waals surface area contributed by atoms with Gasteiger partial charge in [0.1, 0.15) is 11.5 Å². The molecule has 0 saturated heterocycles. The molecule has 21 heavy (non-hydrogen) atoms. The third-order valence-corrected chi connectivity index (χ3v) is 4.77. The average Bonchev–Trinajstić information content (AvgIpc) is 2.64. The molecule has 0 saturated carbocycles. The molecule has 2 aromatic rings. The fraction of sp³-hybridized carbons (Fsp3) is 0.250. The third kappa shape index (κ3) is 3.91. The maximum atomic E-state index is 11.6. The van der Waals surface area contributed by atoms with E-state index in [9.17, 15) is 8.42 Å². The van der Waals surface area contributed by atoms with E-state index in [1.165, 1.54) is 12.1 Å². The lowest BCUT2D eigenvalue weighted by Gasteiger charge is -2.12. The molecule has 114 valence electrons. The first-order valence-electron chi connectivity index (χ1n) is 5.74. The SMILES string of the molecule is Cc1cc(COc2c(Cl)cc(Br)cc2S(=O)(=O)Cl)n(C)n1. The van der Waals surface area contributed by atoms with Gasteiger partial charge in [-0.05, 0) is 25.1 Å². The van der Waals surface area contributed by atoms with E-state index in [-0.39, 0.29) is 22.3 Å². The van der Waals surface area contributed by atoms with Crippen molar-refractivity contribution in [2.75, 3.05) is 0 Å². The van der Waals surface area contributed by atoms with Crippen LogP contribution >= 0.6 is 38.2 Å². The Kier molecular flexibility index (Phi) is 4.87. The van der Waals surface area contributed by atoms with Gasteiger partial charge in [0.05, 0.1) is 16.4 Å². The molecule has 1 heterocycles. The standard InChI is InChI=1S/C12H11BrCl2N2O3S/c1-7-3-9(17(2)16-7)6-20-12-10(14)4-8(13)5-11(12)21(15,18)19/h3-5H,6H2,1-2H3. The van der Waals surface area contributed by atoms with Gasteiger partial charge in [-0.3, -0.25) is 4.68 Å². The summed E-state index contributed by atoms with van der Waals surface area (Å²) in [7, 11) is 3.21. The minimum Gasteiger partial charge on any atom is -0.484 e. The van der Waals surface area contributed by atoms with Crippen molar-refractivity contribution in [3.8, 4) is 5.75 Å². The summed E-state index contributed by atoms with van der Waals surface area (Å²) >= 11 is 9.22. The first kappa shape index (κ1) is 16.6. The molecule has 0 spiro atoms. The number of nitrogens with zero attached hydrogens (tertiary/aromatic N) is 2. The molecule has 0 bridgehead atoms. The quantitative estimate of drug-likeness (QED) is 0.717. The third-order valence-electron chi connectivity index (χ3n) is 2.70. The van der Waals surface area contributed by atoms with E-state index in [4.69, 9.17) is 27.0 Å². The van der Waals surface area contributed by atoms with Crippen LogP contribution in [0.3, 0.4) is 0 Å². The van der Waals surface area contributed by atoms with Crippen LogP contribution in [-0.4, -0.2) is 18.2 Å². The van der Waals surface area contributed by atoms with Crippen LogP contribution in [0.15, 0.2) is 27.6 Å². The van der Waals surface area contributed by atoms with Crippen molar-refractivity contribution in [1.29, 1.82) is 0 Å². The van der Waals surface area contributed by atoms with E-state index in [0.29, 0.717) is 4.47 Å². The zero-order valence-corrected chi connectivity index (χ0v) is 15.0. The molecule has 0 radical (unpaired) electrons. The molecule has 0 atom stereocenters. The van der Waals surface area contributed by atoms with Gasteiger partial charge in [0.25, 0.3) is 9.05 Å². The molecule has 1 aromatic heterocycles. The minimum absolute atomic E-state index is 0.0220. The second kappa shape index (κ2) is 6.16. The molecule has 0 aliphatic heterocycles. The zero-order valence-electron chi connectivity index (χ0n) is 11.1. The number of hydrogen-bond donors (Lipinski definition) is 0. The number of hydrogen-bond acceptors (Lipinski definition) is 4. The average molecular weight is 414 g/mol. The van der Waals surface area contributed by atoms with Crippen molar-refractivity contribution in [3.05, 3.63) is 39.1 Å². The normalized spacial score (nSPS) is 11.7. The molecule has 1 aromatic carbocycles. The first-order valence-corrected chi connectivity index (χ1v) is 9.22. The summed E-state index contributed by atoms with van der Waals surface area (Å²) in [5.74, 6) is 0.0220. The van der Waals surface area contributed by atoms with Crippen molar-refractivity contribution in [2.24, 2.45) is 7.05 Å². The minimum atomic E-state index is -3.98. The maximum absolute atomic E-state index is 11.6. The van der Waals surface area contributed by atoms with Crippen molar-refractivity contribution >= 4 is 47.3 Å². The van der Waals surface area contributed by atoms with Gasteiger partial charge >= 0.3 is 0 Å². The number of aromatic nitrogens is 2. The van der Waals surface area contributed by atoms with Crippen LogP contribution in [0.5, 0.6) is 5.75 Å². The van der Waals surface area contributed by atoms with Gasteiger partial charge in [0, 0.05) is 22.2 Å². The van der Waals surface area contributed by atoms with Crippen LogP contribution in [0, 0.1) is 6.92 Å². The molecule has 9 heteroatoms. The highest BCUT2D eigenvalue weighted by Gasteiger charge is 2.21. The summed E-state index contributed by atoms with van der Waals surface area (Å²) < 4.78 is 31.0. The highest BCUT2D eigenvalue weighted by Crippen LogP contribution is 2.37. The van der Waals surface area contributed by atoms with E-state index in [1.807, 2.05) is 13.0 Å². The van der Waals surface area contributed by atoms with Gasteiger partial charge < -0.3 is 4.74 Å². The van der Waals surface area contributed by atoms with E-state index in [0.717, 1.165) is 11.4 Å². The predicted molar refractivity (Wildman–Crippen MR) is 84.5 cm³/mol. The summed E-state index contributed by atoms with van der Waals surface area (Å²) in [6.45, 7) is 1.98. The zero-order chi connectivity index (χ0) is 15.8. The molecule has 0 aliphatic carbocycles. The van der Waals surface area contributed by atoms with E-state index in [2.05, 4.69) is 21.0 Å². The Bertz CT molecular complexity index is 790. The van der Waals surface area contributed by atoms with Gasteiger partial charge in [0.2, 0.25) is 0 Å². The maximum Gasteiger partial charge on any atom is 0.265 e. The summed E-state index contributed by atoms with van der Waals surface area (Å²) in [5.41, 5.74) is 1.62. The van der Waals surface area contributed by atoms with Crippen LogP contribution in [-0.2, 0) is 22.7 Å². The van der Waals surface area contributed by atoms with Crippen LogP contribution < -0.4 is 4.74 Å². The lowest BCUT2D eigenvalue weighted by molar-refractivity contribution is 0.287. The van der Waals surface area contributed by atoms with Crippen molar-refractivity contribution in [2.45, 2.75) is 18.4 Å². The van der Waals surface area contributed by atoms with Gasteiger partial charge in [0.15, 0.2) is 5.75 Å².